The van der Waals surface area contributed by atoms with E-state index in [-0.39, 0.29) is 5.11 Å². The maximum atomic E-state index is 12.9. The Morgan fingerprint density at radius 2 is 2.04 bits per heavy atom. The molecule has 2 N–H and O–H groups in total. The lowest BCUT2D eigenvalue weighted by molar-refractivity contribution is 0.0977. The van der Waals surface area contributed by atoms with E-state index in [1.165, 1.54) is 42.7 Å². The first kappa shape index (κ1) is 17.5. The lowest BCUT2D eigenvalue weighted by Gasteiger charge is -2.06. The van der Waals surface area contributed by atoms with Gasteiger partial charge < -0.3 is 10.1 Å². The van der Waals surface area contributed by atoms with Crippen LogP contribution < -0.4 is 15.4 Å². The fraction of sp³-hybridized carbons (Fsp3) is 0.0625. The Morgan fingerprint density at radius 1 is 1.32 bits per heavy atom. The average molecular weight is 396 g/mol. The number of anilines is 1. The van der Waals surface area contributed by atoms with E-state index in [0.29, 0.717) is 27.0 Å². The highest BCUT2D eigenvalue weighted by Crippen LogP contribution is 2.34. The van der Waals surface area contributed by atoms with Gasteiger partial charge in [0.2, 0.25) is 0 Å². The van der Waals surface area contributed by atoms with Gasteiger partial charge in [0.25, 0.3) is 5.91 Å². The summed E-state index contributed by atoms with van der Waals surface area (Å²) in [7, 11) is 1.54. The lowest BCUT2D eigenvalue weighted by Crippen LogP contribution is -2.34. The van der Waals surface area contributed by atoms with Crippen LogP contribution in [0.5, 0.6) is 5.75 Å². The molecule has 0 saturated carbocycles. The Kier molecular flexibility index (Phi) is 5.12. The summed E-state index contributed by atoms with van der Waals surface area (Å²) in [6.07, 6.45) is 0. The summed E-state index contributed by atoms with van der Waals surface area (Å²) in [5.74, 6) is -0.305. The molecule has 3 rings (SSSR count). The molecule has 1 amide bonds. The zero-order valence-corrected chi connectivity index (χ0v) is 15.2. The number of carbonyl (C=O) groups is 1. The number of thiazole rings is 1. The van der Waals surface area contributed by atoms with Crippen molar-refractivity contribution in [1.82, 2.24) is 10.3 Å². The van der Waals surface area contributed by atoms with E-state index in [1.807, 2.05) is 0 Å². The second-order valence-electron chi connectivity index (χ2n) is 4.89. The van der Waals surface area contributed by atoms with Gasteiger partial charge in [-0.15, -0.1) is 0 Å². The molecule has 0 bridgehead atoms. The Bertz CT molecular complexity index is 960. The molecule has 25 heavy (non-hydrogen) atoms. The highest BCUT2D eigenvalue weighted by molar-refractivity contribution is 7.80. The van der Waals surface area contributed by atoms with Crippen LogP contribution in [-0.2, 0) is 0 Å². The molecule has 1 heterocycles. The number of nitrogens with one attached hydrogen (secondary N) is 2. The number of thiocarbonyl (C=S) groups is 1. The quantitative estimate of drug-likeness (QED) is 0.650. The van der Waals surface area contributed by atoms with Gasteiger partial charge in [-0.2, -0.15) is 0 Å². The van der Waals surface area contributed by atoms with Gasteiger partial charge in [0.15, 0.2) is 10.2 Å². The Labute approximate surface area is 156 Å². The van der Waals surface area contributed by atoms with Crippen molar-refractivity contribution in [3.63, 3.8) is 0 Å². The monoisotopic (exact) mass is 395 g/mol. The van der Waals surface area contributed by atoms with Gasteiger partial charge in [0.05, 0.1) is 22.3 Å². The molecule has 128 valence electrons. The lowest BCUT2D eigenvalue weighted by atomic mass is 10.2. The summed E-state index contributed by atoms with van der Waals surface area (Å²) in [5.41, 5.74) is 0.984. The molecule has 0 spiro atoms. The minimum Gasteiger partial charge on any atom is -0.495 e. The molecule has 0 fully saturated rings. The van der Waals surface area contributed by atoms with Gasteiger partial charge in [-0.3, -0.25) is 10.1 Å². The number of amides is 1. The number of aromatic nitrogens is 1. The summed E-state index contributed by atoms with van der Waals surface area (Å²) in [6, 6.07) is 8.63. The molecule has 0 aliphatic heterocycles. The fourth-order valence-electron chi connectivity index (χ4n) is 2.04. The van der Waals surface area contributed by atoms with E-state index in [2.05, 4.69) is 15.6 Å². The van der Waals surface area contributed by atoms with Gasteiger partial charge in [-0.25, -0.2) is 9.37 Å². The Hall–Kier alpha value is -2.29. The third-order valence-corrected chi connectivity index (χ3v) is 4.65. The van der Waals surface area contributed by atoms with Crippen molar-refractivity contribution in [2.75, 3.05) is 12.4 Å². The molecule has 0 aliphatic carbocycles. The van der Waals surface area contributed by atoms with Crippen LogP contribution in [0, 0.1) is 5.82 Å². The molecule has 2 aromatic carbocycles. The van der Waals surface area contributed by atoms with Gasteiger partial charge in [-0.05, 0) is 42.5 Å². The van der Waals surface area contributed by atoms with Gasteiger partial charge in [0.1, 0.15) is 11.6 Å². The Morgan fingerprint density at radius 3 is 2.72 bits per heavy atom. The molecular formula is C16H11ClFN3O2S2. The summed E-state index contributed by atoms with van der Waals surface area (Å²) in [6.45, 7) is 0. The molecule has 0 radical (unpaired) electrons. The van der Waals surface area contributed by atoms with E-state index in [4.69, 9.17) is 28.6 Å². The van der Waals surface area contributed by atoms with Crippen LogP contribution in [0.2, 0.25) is 5.02 Å². The first-order valence-electron chi connectivity index (χ1n) is 6.98. The van der Waals surface area contributed by atoms with Crippen LogP contribution >= 0.6 is 35.2 Å². The summed E-state index contributed by atoms with van der Waals surface area (Å²) in [4.78, 5) is 16.4. The molecule has 3 aromatic rings. The summed E-state index contributed by atoms with van der Waals surface area (Å²) in [5, 5.41) is 6.42. The minimum absolute atomic E-state index is 0.0893. The number of hydrogen-bond donors (Lipinski definition) is 2. The number of methoxy groups -OCH3 is 1. The van der Waals surface area contributed by atoms with Gasteiger partial charge >= 0.3 is 0 Å². The predicted octanol–water partition coefficient (Wildman–Crippen LogP) is 4.22. The zero-order valence-electron chi connectivity index (χ0n) is 12.8. The summed E-state index contributed by atoms with van der Waals surface area (Å²) >= 11 is 12.5. The first-order valence-corrected chi connectivity index (χ1v) is 8.58. The van der Waals surface area contributed by atoms with Crippen LogP contribution in [0.15, 0.2) is 36.4 Å². The molecule has 9 heteroatoms. The number of halogens is 2. The third-order valence-electron chi connectivity index (χ3n) is 3.22. The number of nitrogens with zero attached hydrogens (tertiary/aromatic N) is 1. The van der Waals surface area contributed by atoms with E-state index >= 15 is 0 Å². The normalized spacial score (nSPS) is 10.5. The van der Waals surface area contributed by atoms with Crippen LogP contribution in [0.25, 0.3) is 10.2 Å². The maximum absolute atomic E-state index is 12.9. The molecule has 5 nitrogen and oxygen atoms in total. The number of rotatable bonds is 3. The molecule has 1 aromatic heterocycles. The largest absolute Gasteiger partial charge is 0.495 e. The predicted molar refractivity (Wildman–Crippen MR) is 101 cm³/mol. The number of fused-ring (bicyclic) bond motifs is 1. The molecule has 0 atom stereocenters. The maximum Gasteiger partial charge on any atom is 0.257 e. The van der Waals surface area contributed by atoms with Crippen molar-refractivity contribution in [3.8, 4) is 5.75 Å². The van der Waals surface area contributed by atoms with Crippen molar-refractivity contribution in [2.24, 2.45) is 0 Å². The molecular weight excluding hydrogens is 385 g/mol. The van der Waals surface area contributed by atoms with Crippen LogP contribution in [0.4, 0.5) is 9.52 Å². The van der Waals surface area contributed by atoms with E-state index in [9.17, 15) is 9.18 Å². The zero-order chi connectivity index (χ0) is 18.0. The van der Waals surface area contributed by atoms with Gasteiger partial charge in [0, 0.05) is 11.6 Å². The van der Waals surface area contributed by atoms with Crippen LogP contribution in [0.1, 0.15) is 10.4 Å². The van der Waals surface area contributed by atoms with E-state index in [1.54, 1.807) is 12.1 Å². The highest BCUT2D eigenvalue weighted by atomic mass is 35.5. The number of ether oxygens (including phenoxy) is 1. The third kappa shape index (κ3) is 4.04. The van der Waals surface area contributed by atoms with Crippen LogP contribution in [0.3, 0.4) is 0 Å². The topological polar surface area (TPSA) is 63.2 Å². The first-order chi connectivity index (χ1) is 12.0. The Balaban J connectivity index is 1.71. The smallest absolute Gasteiger partial charge is 0.257 e. The SMILES string of the molecule is COc1cc2sc(NC(=S)NC(=O)c3ccc(F)cc3)nc2cc1Cl. The number of benzene rings is 2. The van der Waals surface area contributed by atoms with E-state index in [0.717, 1.165) is 4.70 Å². The average Bonchev–Trinajstić information content (AvgIpc) is 2.95. The van der Waals surface area contributed by atoms with Crippen molar-refractivity contribution < 1.29 is 13.9 Å². The molecule has 0 aliphatic rings. The van der Waals surface area contributed by atoms with E-state index < -0.39 is 11.7 Å². The second-order valence-corrected chi connectivity index (χ2v) is 6.73. The van der Waals surface area contributed by atoms with Gasteiger partial charge in [-0.1, -0.05) is 22.9 Å². The number of carbonyl (C=O) groups excluding carboxylic acids is 1. The second kappa shape index (κ2) is 7.30. The fourth-order valence-corrected chi connectivity index (χ4v) is 3.41. The molecule has 0 saturated heterocycles. The van der Waals surface area contributed by atoms with Crippen molar-refractivity contribution in [2.45, 2.75) is 0 Å². The van der Waals surface area contributed by atoms with Crippen molar-refractivity contribution >= 4 is 61.5 Å². The minimum atomic E-state index is -0.441. The standard InChI is InChI=1S/C16H11ClFN3O2S2/c1-23-12-7-13-11(6-10(12)17)19-16(25-13)21-15(24)20-14(22)8-2-4-9(18)5-3-8/h2-7H,1H3,(H2,19,20,21,22,24). The summed E-state index contributed by atoms with van der Waals surface area (Å²) < 4.78 is 18.9. The van der Waals surface area contributed by atoms with Crippen molar-refractivity contribution in [3.05, 3.63) is 52.8 Å². The van der Waals surface area contributed by atoms with Crippen molar-refractivity contribution in [1.29, 1.82) is 0 Å². The van der Waals surface area contributed by atoms with Crippen LogP contribution in [-0.4, -0.2) is 23.1 Å². The molecule has 0 unspecified atom stereocenters. The number of hydrogen-bond acceptors (Lipinski definition) is 5. The highest BCUT2D eigenvalue weighted by Gasteiger charge is 2.12.